The molecule has 35 heavy (non-hydrogen) atoms. The van der Waals surface area contributed by atoms with E-state index in [-0.39, 0.29) is 17.3 Å². The second-order valence-corrected chi connectivity index (χ2v) is 11.9. The van der Waals surface area contributed by atoms with Crippen LogP contribution in [0.15, 0.2) is 29.4 Å². The summed E-state index contributed by atoms with van der Waals surface area (Å²) in [7, 11) is 1.97. The van der Waals surface area contributed by atoms with Gasteiger partial charge in [0.15, 0.2) is 5.16 Å². The molecule has 1 saturated heterocycles. The van der Waals surface area contributed by atoms with Gasteiger partial charge in [-0.25, -0.2) is 4.39 Å². The Morgan fingerprint density at radius 1 is 1.09 bits per heavy atom. The number of hydrogen-bond donors (Lipinski definition) is 0. The smallest absolute Gasteiger partial charge is 0.233 e. The highest BCUT2D eigenvalue weighted by molar-refractivity contribution is 7.99. The number of benzene rings is 1. The van der Waals surface area contributed by atoms with E-state index in [0.29, 0.717) is 25.5 Å². The van der Waals surface area contributed by atoms with Gasteiger partial charge in [0.1, 0.15) is 5.82 Å². The van der Waals surface area contributed by atoms with Crippen LogP contribution in [0.1, 0.15) is 44.1 Å². The number of nitrogens with zero attached hydrogens (tertiary/aromatic N) is 5. The molecule has 0 atom stereocenters. The Kier molecular flexibility index (Phi) is 6.25. The zero-order valence-electron chi connectivity index (χ0n) is 20.4. The monoisotopic (exact) mass is 499 g/mol. The molecule has 9 heteroatoms. The summed E-state index contributed by atoms with van der Waals surface area (Å²) in [5.41, 5.74) is 0.938. The topological polar surface area (TPSA) is 63.5 Å². The summed E-state index contributed by atoms with van der Waals surface area (Å²) in [6.07, 6.45) is 7.33. The Bertz CT molecular complexity index is 1030. The van der Waals surface area contributed by atoms with Gasteiger partial charge >= 0.3 is 0 Å². The molecule has 0 N–H and O–H groups in total. The molecular formula is C26H34FN5O2S. The fourth-order valence-corrected chi connectivity index (χ4v) is 8.15. The molecule has 1 aromatic carbocycles. The van der Waals surface area contributed by atoms with Crippen molar-refractivity contribution in [2.75, 3.05) is 37.0 Å². The lowest BCUT2D eigenvalue weighted by molar-refractivity contribution is -0.149. The van der Waals surface area contributed by atoms with Gasteiger partial charge in [0, 0.05) is 32.2 Å². The Hall–Kier alpha value is -2.13. The van der Waals surface area contributed by atoms with Gasteiger partial charge in [-0.15, -0.1) is 10.2 Å². The van der Waals surface area contributed by atoms with E-state index in [0.717, 1.165) is 66.8 Å². The molecule has 188 valence electrons. The van der Waals surface area contributed by atoms with Crippen LogP contribution in [0.3, 0.4) is 0 Å². The van der Waals surface area contributed by atoms with Gasteiger partial charge in [-0.1, -0.05) is 23.9 Å². The second-order valence-electron chi connectivity index (χ2n) is 11.0. The summed E-state index contributed by atoms with van der Waals surface area (Å²) in [6, 6.07) is 6.64. The molecular weight excluding hydrogens is 465 g/mol. The molecule has 1 aliphatic heterocycles. The maximum absolute atomic E-state index is 13.9. The molecule has 1 amide bonds. The number of carbonyl (C=O) groups excluding carboxylic acids is 1. The standard InChI is InChI=1S/C26H34FN5O2S/c1-30-24(31-6-8-34-9-7-31)28-29-25(30)35-17-23(33)32(16-18-2-4-22(27)5-3-18)26-13-19-10-20(14-26)12-21(11-19)15-26/h2-5,19-21H,6-17H2,1H3. The highest BCUT2D eigenvalue weighted by atomic mass is 32.2. The van der Waals surface area contributed by atoms with Crippen LogP contribution in [0.25, 0.3) is 0 Å². The molecule has 4 bridgehead atoms. The van der Waals surface area contributed by atoms with Crippen LogP contribution in [0.2, 0.25) is 0 Å². The zero-order valence-corrected chi connectivity index (χ0v) is 21.2. The predicted molar refractivity (Wildman–Crippen MR) is 133 cm³/mol. The lowest BCUT2D eigenvalue weighted by Gasteiger charge is -2.60. The predicted octanol–water partition coefficient (Wildman–Crippen LogP) is 3.88. The van der Waals surface area contributed by atoms with Gasteiger partial charge in [-0.05, 0) is 74.0 Å². The van der Waals surface area contributed by atoms with Crippen LogP contribution in [-0.2, 0) is 23.1 Å². The minimum atomic E-state index is -0.240. The van der Waals surface area contributed by atoms with Crippen LogP contribution in [0.4, 0.5) is 10.3 Å². The van der Waals surface area contributed by atoms with Crippen LogP contribution < -0.4 is 4.90 Å². The molecule has 7 rings (SSSR count). The number of carbonyl (C=O) groups is 1. The first kappa shape index (κ1) is 23.3. The molecule has 4 saturated carbocycles. The van der Waals surface area contributed by atoms with Crippen LogP contribution in [-0.4, -0.2) is 63.2 Å². The summed E-state index contributed by atoms with van der Waals surface area (Å²) >= 11 is 1.47. The number of rotatable bonds is 7. The van der Waals surface area contributed by atoms with Crippen molar-refractivity contribution in [2.45, 2.75) is 55.8 Å². The van der Waals surface area contributed by atoms with Crippen molar-refractivity contribution in [1.29, 1.82) is 0 Å². The molecule has 0 unspecified atom stereocenters. The number of thioether (sulfide) groups is 1. The van der Waals surface area contributed by atoms with Crippen molar-refractivity contribution in [2.24, 2.45) is 24.8 Å². The van der Waals surface area contributed by atoms with E-state index >= 15 is 0 Å². The number of halogens is 1. The Balaban J connectivity index is 1.21. The molecule has 5 fully saturated rings. The largest absolute Gasteiger partial charge is 0.378 e. The molecule has 0 radical (unpaired) electrons. The van der Waals surface area contributed by atoms with Gasteiger partial charge in [0.05, 0.1) is 19.0 Å². The number of hydrogen-bond acceptors (Lipinski definition) is 6. The third-order valence-electron chi connectivity index (χ3n) is 8.56. The van der Waals surface area contributed by atoms with Gasteiger partial charge in [0.25, 0.3) is 0 Å². The lowest BCUT2D eigenvalue weighted by atomic mass is 9.52. The Morgan fingerprint density at radius 3 is 2.34 bits per heavy atom. The molecule has 2 aromatic rings. The summed E-state index contributed by atoms with van der Waals surface area (Å²) in [4.78, 5) is 18.2. The fraction of sp³-hybridized carbons (Fsp3) is 0.654. The van der Waals surface area contributed by atoms with Gasteiger partial charge < -0.3 is 14.5 Å². The first-order chi connectivity index (χ1) is 17.0. The first-order valence-electron chi connectivity index (χ1n) is 12.9. The molecule has 7 nitrogen and oxygen atoms in total. The summed E-state index contributed by atoms with van der Waals surface area (Å²) in [6.45, 7) is 3.53. The van der Waals surface area contributed by atoms with E-state index in [4.69, 9.17) is 4.74 Å². The van der Waals surface area contributed by atoms with E-state index in [1.165, 1.54) is 43.2 Å². The van der Waals surface area contributed by atoms with Crippen LogP contribution >= 0.6 is 11.8 Å². The molecule has 2 heterocycles. The van der Waals surface area contributed by atoms with Gasteiger partial charge in [0.2, 0.25) is 11.9 Å². The molecule has 5 aliphatic rings. The third-order valence-corrected chi connectivity index (χ3v) is 9.57. The SMILES string of the molecule is Cn1c(SCC(=O)N(Cc2ccc(F)cc2)C23CC4CC(CC(C4)C2)C3)nnc1N1CCOCC1. The van der Waals surface area contributed by atoms with Crippen LogP contribution in [0.5, 0.6) is 0 Å². The number of amides is 1. The number of aromatic nitrogens is 3. The van der Waals surface area contributed by atoms with Crippen molar-refractivity contribution in [3.8, 4) is 0 Å². The normalized spacial score (nSPS) is 29.5. The molecule has 1 aromatic heterocycles. The molecule has 4 aliphatic carbocycles. The van der Waals surface area contributed by atoms with Crippen molar-refractivity contribution in [3.63, 3.8) is 0 Å². The second kappa shape index (κ2) is 9.39. The van der Waals surface area contributed by atoms with Crippen molar-refractivity contribution >= 4 is 23.6 Å². The maximum Gasteiger partial charge on any atom is 0.233 e. The van der Waals surface area contributed by atoms with E-state index in [2.05, 4.69) is 20.0 Å². The summed E-state index contributed by atoms with van der Waals surface area (Å²) < 4.78 is 21.0. The molecule has 0 spiro atoms. The van der Waals surface area contributed by atoms with Crippen molar-refractivity contribution in [1.82, 2.24) is 19.7 Å². The van der Waals surface area contributed by atoms with E-state index in [1.54, 1.807) is 0 Å². The van der Waals surface area contributed by atoms with Crippen molar-refractivity contribution in [3.05, 3.63) is 35.6 Å². The fourth-order valence-electron chi connectivity index (χ4n) is 7.36. The van der Waals surface area contributed by atoms with E-state index in [9.17, 15) is 9.18 Å². The van der Waals surface area contributed by atoms with E-state index < -0.39 is 0 Å². The number of ether oxygens (including phenoxy) is 1. The average molecular weight is 500 g/mol. The summed E-state index contributed by atoms with van der Waals surface area (Å²) in [5, 5.41) is 9.54. The first-order valence-corrected chi connectivity index (χ1v) is 13.9. The van der Waals surface area contributed by atoms with Gasteiger partial charge in [-0.2, -0.15) is 0 Å². The minimum Gasteiger partial charge on any atom is -0.378 e. The minimum absolute atomic E-state index is 0.0559. The van der Waals surface area contributed by atoms with Crippen LogP contribution in [0, 0.1) is 23.6 Å². The van der Waals surface area contributed by atoms with E-state index in [1.807, 2.05) is 23.7 Å². The van der Waals surface area contributed by atoms with Gasteiger partial charge in [-0.3, -0.25) is 9.36 Å². The lowest BCUT2D eigenvalue weighted by Crippen LogP contribution is -2.61. The van der Waals surface area contributed by atoms with Crippen molar-refractivity contribution < 1.29 is 13.9 Å². The quantitative estimate of drug-likeness (QED) is 0.539. The highest BCUT2D eigenvalue weighted by Crippen LogP contribution is 2.58. The number of morpholine rings is 1. The Labute approximate surface area is 210 Å². The maximum atomic E-state index is 13.9. The summed E-state index contributed by atoms with van der Waals surface area (Å²) in [5.74, 6) is 3.30. The zero-order chi connectivity index (χ0) is 24.0. The Morgan fingerprint density at radius 2 is 1.71 bits per heavy atom. The number of anilines is 1. The average Bonchev–Trinajstić information content (AvgIpc) is 3.22. The highest BCUT2D eigenvalue weighted by Gasteiger charge is 2.54. The third kappa shape index (κ3) is 4.57.